The van der Waals surface area contributed by atoms with E-state index < -0.39 is 0 Å². The standard InChI is InChI=1S/C13H19N3O.HI/c1-9(2)16-13(14)15-8-11-7-10-5-3-4-6-12(10)17-11;/h3-6,9,11H,7-8H2,1-2H3,(H3,14,15,16);1H. The number of nitrogens with zero attached hydrogens (tertiary/aromatic N) is 1. The summed E-state index contributed by atoms with van der Waals surface area (Å²) in [5.74, 6) is 1.46. The summed E-state index contributed by atoms with van der Waals surface area (Å²) in [6.45, 7) is 4.66. The first-order valence-electron chi connectivity index (χ1n) is 5.96. The van der Waals surface area contributed by atoms with Crippen LogP contribution in [0.2, 0.25) is 0 Å². The summed E-state index contributed by atoms with van der Waals surface area (Å²) in [4.78, 5) is 4.29. The molecule has 4 nitrogen and oxygen atoms in total. The van der Waals surface area contributed by atoms with Crippen molar-refractivity contribution in [1.82, 2.24) is 5.32 Å². The van der Waals surface area contributed by atoms with Gasteiger partial charge in [0.15, 0.2) is 5.96 Å². The molecule has 0 spiro atoms. The molecule has 18 heavy (non-hydrogen) atoms. The fourth-order valence-corrected chi connectivity index (χ4v) is 1.90. The Balaban J connectivity index is 0.00000162. The maximum Gasteiger partial charge on any atom is 0.188 e. The minimum Gasteiger partial charge on any atom is -0.488 e. The molecule has 0 bridgehead atoms. The molecule has 1 atom stereocenters. The Hall–Kier alpha value is -0.980. The topological polar surface area (TPSA) is 59.6 Å². The lowest BCUT2D eigenvalue weighted by molar-refractivity contribution is 0.241. The number of halogens is 1. The number of hydrogen-bond acceptors (Lipinski definition) is 2. The number of hydrogen-bond donors (Lipinski definition) is 2. The first kappa shape index (κ1) is 15.1. The van der Waals surface area contributed by atoms with E-state index in [9.17, 15) is 0 Å². The summed E-state index contributed by atoms with van der Waals surface area (Å²) in [6.07, 6.45) is 1.02. The fraction of sp³-hybridized carbons (Fsp3) is 0.462. The molecule has 0 saturated carbocycles. The van der Waals surface area contributed by atoms with Gasteiger partial charge in [-0.3, -0.25) is 0 Å². The molecular weight excluding hydrogens is 341 g/mol. The van der Waals surface area contributed by atoms with Crippen LogP contribution >= 0.6 is 24.0 Å². The van der Waals surface area contributed by atoms with Crippen LogP contribution < -0.4 is 15.8 Å². The van der Waals surface area contributed by atoms with E-state index in [2.05, 4.69) is 16.4 Å². The van der Waals surface area contributed by atoms with Crippen molar-refractivity contribution < 1.29 is 4.74 Å². The molecule has 2 rings (SSSR count). The SMILES string of the molecule is CC(C)NC(N)=NCC1Cc2ccccc2O1.I. The van der Waals surface area contributed by atoms with Gasteiger partial charge in [-0.2, -0.15) is 0 Å². The average molecular weight is 361 g/mol. The predicted molar refractivity (Wildman–Crippen MR) is 84.7 cm³/mol. The lowest BCUT2D eigenvalue weighted by Gasteiger charge is -2.11. The molecule has 0 saturated heterocycles. The molecule has 3 N–H and O–H groups in total. The molecule has 1 aliphatic heterocycles. The van der Waals surface area contributed by atoms with Crippen LogP contribution in [0.5, 0.6) is 5.75 Å². The van der Waals surface area contributed by atoms with Gasteiger partial charge in [0, 0.05) is 12.5 Å². The number of ether oxygens (including phenoxy) is 1. The highest BCUT2D eigenvalue weighted by Gasteiger charge is 2.21. The number of rotatable bonds is 3. The fourth-order valence-electron chi connectivity index (χ4n) is 1.90. The van der Waals surface area contributed by atoms with Gasteiger partial charge in [-0.15, -0.1) is 24.0 Å². The summed E-state index contributed by atoms with van der Waals surface area (Å²) >= 11 is 0. The molecule has 0 radical (unpaired) electrons. The third kappa shape index (κ3) is 4.04. The number of nitrogens with two attached hydrogens (primary N) is 1. The molecule has 1 aliphatic rings. The quantitative estimate of drug-likeness (QED) is 0.491. The first-order valence-corrected chi connectivity index (χ1v) is 5.96. The van der Waals surface area contributed by atoms with Crippen LogP contribution in [-0.2, 0) is 6.42 Å². The molecule has 1 aromatic rings. The van der Waals surface area contributed by atoms with Gasteiger partial charge in [0.1, 0.15) is 11.9 Å². The summed E-state index contributed by atoms with van der Waals surface area (Å²) in [5, 5.41) is 3.06. The van der Waals surface area contributed by atoms with Crippen molar-refractivity contribution in [3.05, 3.63) is 29.8 Å². The Morgan fingerprint density at radius 1 is 1.50 bits per heavy atom. The second-order valence-electron chi connectivity index (χ2n) is 4.58. The maximum absolute atomic E-state index is 5.77. The van der Waals surface area contributed by atoms with Crippen molar-refractivity contribution in [3.8, 4) is 5.75 Å². The Morgan fingerprint density at radius 2 is 2.22 bits per heavy atom. The van der Waals surface area contributed by atoms with E-state index in [4.69, 9.17) is 10.5 Å². The van der Waals surface area contributed by atoms with Crippen molar-refractivity contribution in [1.29, 1.82) is 0 Å². The Labute approximate surface area is 125 Å². The van der Waals surface area contributed by atoms with E-state index >= 15 is 0 Å². The zero-order valence-corrected chi connectivity index (χ0v) is 13.0. The van der Waals surface area contributed by atoms with Crippen LogP contribution in [0, 0.1) is 0 Å². The zero-order chi connectivity index (χ0) is 12.3. The maximum atomic E-state index is 5.77. The van der Waals surface area contributed by atoms with Gasteiger partial charge in [0.2, 0.25) is 0 Å². The Morgan fingerprint density at radius 3 is 2.89 bits per heavy atom. The number of benzene rings is 1. The van der Waals surface area contributed by atoms with Gasteiger partial charge in [0.05, 0.1) is 6.54 Å². The minimum absolute atomic E-state index is 0. The first-order chi connectivity index (χ1) is 8.15. The van der Waals surface area contributed by atoms with Gasteiger partial charge in [0.25, 0.3) is 0 Å². The van der Waals surface area contributed by atoms with Gasteiger partial charge >= 0.3 is 0 Å². The van der Waals surface area contributed by atoms with Crippen LogP contribution in [0.15, 0.2) is 29.3 Å². The van der Waals surface area contributed by atoms with Gasteiger partial charge < -0.3 is 15.8 Å². The smallest absolute Gasteiger partial charge is 0.188 e. The number of para-hydroxylation sites is 1. The Kier molecular flexibility index (Phi) is 5.71. The van der Waals surface area contributed by atoms with Crippen molar-refractivity contribution in [2.75, 3.05) is 6.54 Å². The average Bonchev–Trinajstić information content (AvgIpc) is 2.68. The molecular formula is C13H20IN3O. The third-order valence-corrected chi connectivity index (χ3v) is 2.62. The van der Waals surface area contributed by atoms with Crippen LogP contribution in [0.1, 0.15) is 19.4 Å². The van der Waals surface area contributed by atoms with Gasteiger partial charge in [-0.25, -0.2) is 4.99 Å². The molecule has 1 unspecified atom stereocenters. The predicted octanol–water partition coefficient (Wildman–Crippen LogP) is 1.92. The van der Waals surface area contributed by atoms with E-state index in [0.717, 1.165) is 12.2 Å². The molecule has 0 amide bonds. The third-order valence-electron chi connectivity index (χ3n) is 2.62. The largest absolute Gasteiger partial charge is 0.488 e. The van der Waals surface area contributed by atoms with E-state index in [1.165, 1.54) is 5.56 Å². The number of aliphatic imine (C=N–C) groups is 1. The normalized spacial score (nSPS) is 17.9. The number of nitrogens with one attached hydrogen (secondary N) is 1. The highest BCUT2D eigenvalue weighted by molar-refractivity contribution is 14.0. The molecule has 0 fully saturated rings. The minimum atomic E-state index is 0. The molecule has 5 heteroatoms. The van der Waals surface area contributed by atoms with E-state index in [1.807, 2.05) is 32.0 Å². The van der Waals surface area contributed by atoms with Crippen LogP contribution in [0.25, 0.3) is 0 Å². The monoisotopic (exact) mass is 361 g/mol. The van der Waals surface area contributed by atoms with Crippen molar-refractivity contribution in [2.24, 2.45) is 10.7 Å². The van der Waals surface area contributed by atoms with Crippen molar-refractivity contribution >= 4 is 29.9 Å². The van der Waals surface area contributed by atoms with E-state index in [-0.39, 0.29) is 30.1 Å². The van der Waals surface area contributed by atoms with E-state index in [1.54, 1.807) is 0 Å². The van der Waals surface area contributed by atoms with Gasteiger partial charge in [-0.05, 0) is 25.5 Å². The molecule has 100 valence electrons. The summed E-state index contributed by atoms with van der Waals surface area (Å²) < 4.78 is 5.77. The van der Waals surface area contributed by atoms with Crippen molar-refractivity contribution in [3.63, 3.8) is 0 Å². The van der Waals surface area contributed by atoms with Crippen molar-refractivity contribution in [2.45, 2.75) is 32.4 Å². The second kappa shape index (κ2) is 6.82. The van der Waals surface area contributed by atoms with Crippen LogP contribution in [0.4, 0.5) is 0 Å². The lowest BCUT2D eigenvalue weighted by atomic mass is 10.1. The molecule has 0 aromatic heterocycles. The molecule has 1 aromatic carbocycles. The summed E-state index contributed by atoms with van der Waals surface area (Å²) in [5.41, 5.74) is 6.99. The zero-order valence-electron chi connectivity index (χ0n) is 10.7. The van der Waals surface area contributed by atoms with Crippen LogP contribution in [-0.4, -0.2) is 24.7 Å². The number of fused-ring (bicyclic) bond motifs is 1. The molecule has 0 aliphatic carbocycles. The summed E-state index contributed by atoms with van der Waals surface area (Å²) in [7, 11) is 0. The lowest BCUT2D eigenvalue weighted by Crippen LogP contribution is -2.37. The van der Waals surface area contributed by atoms with E-state index in [0.29, 0.717) is 18.5 Å². The second-order valence-corrected chi connectivity index (χ2v) is 4.58. The van der Waals surface area contributed by atoms with Gasteiger partial charge in [-0.1, -0.05) is 18.2 Å². The highest BCUT2D eigenvalue weighted by atomic mass is 127. The highest BCUT2D eigenvalue weighted by Crippen LogP contribution is 2.27. The molecule has 1 heterocycles. The summed E-state index contributed by atoms with van der Waals surface area (Å²) in [6, 6.07) is 8.41. The Bertz CT molecular complexity index is 395. The van der Waals surface area contributed by atoms with Crippen LogP contribution in [0.3, 0.4) is 0 Å². The number of guanidine groups is 1.